The maximum absolute atomic E-state index is 13.2. The predicted octanol–water partition coefficient (Wildman–Crippen LogP) is 5.14. The average molecular weight is 470 g/mol. The summed E-state index contributed by atoms with van der Waals surface area (Å²) in [5.74, 6) is 0.210. The standard InChI is InChI=1S/C26H22N4O5/c1-13-11-18(15(3)33-13)22-12-19(23-14(2)30-35-25(23)29-22)26(32)34-16(4)24(31)28-21-9-5-8-20-17(21)7-6-10-27-20/h5-12,16H,1-4H3,(H,28,31). The number of ether oxygens (including phenoxy) is 1. The summed E-state index contributed by atoms with van der Waals surface area (Å²) in [5.41, 5.74) is 3.43. The number of esters is 1. The molecule has 0 saturated heterocycles. The number of nitrogens with zero attached hydrogens (tertiary/aromatic N) is 3. The fourth-order valence-corrected chi connectivity index (χ4v) is 4.00. The van der Waals surface area contributed by atoms with Gasteiger partial charge in [-0.2, -0.15) is 0 Å². The van der Waals surface area contributed by atoms with E-state index < -0.39 is 18.0 Å². The van der Waals surface area contributed by atoms with Crippen LogP contribution in [0, 0.1) is 20.8 Å². The highest BCUT2D eigenvalue weighted by atomic mass is 16.5. The van der Waals surface area contributed by atoms with E-state index in [0.717, 1.165) is 16.5 Å². The Balaban J connectivity index is 1.43. The third kappa shape index (κ3) is 4.12. The van der Waals surface area contributed by atoms with Gasteiger partial charge in [0.25, 0.3) is 11.6 Å². The van der Waals surface area contributed by atoms with Gasteiger partial charge in [-0.05, 0) is 64.1 Å². The van der Waals surface area contributed by atoms with Gasteiger partial charge in [0.2, 0.25) is 0 Å². The van der Waals surface area contributed by atoms with E-state index in [1.54, 1.807) is 37.4 Å². The van der Waals surface area contributed by atoms with Crippen LogP contribution < -0.4 is 5.32 Å². The van der Waals surface area contributed by atoms with Crippen molar-refractivity contribution in [2.75, 3.05) is 5.32 Å². The van der Waals surface area contributed by atoms with Gasteiger partial charge in [-0.15, -0.1) is 0 Å². The number of benzene rings is 1. The summed E-state index contributed by atoms with van der Waals surface area (Å²) in [7, 11) is 0. The quantitative estimate of drug-likeness (QED) is 0.351. The predicted molar refractivity (Wildman–Crippen MR) is 129 cm³/mol. The largest absolute Gasteiger partial charge is 0.466 e. The molecule has 0 radical (unpaired) electrons. The molecule has 9 heteroatoms. The molecule has 1 aromatic carbocycles. The number of furan rings is 1. The molecule has 0 bridgehead atoms. The van der Waals surface area contributed by atoms with Crippen molar-refractivity contribution in [3.05, 3.63) is 71.4 Å². The maximum atomic E-state index is 13.2. The summed E-state index contributed by atoms with van der Waals surface area (Å²) in [6, 6.07) is 12.5. The second kappa shape index (κ2) is 8.68. The van der Waals surface area contributed by atoms with Gasteiger partial charge in [-0.3, -0.25) is 9.78 Å². The summed E-state index contributed by atoms with van der Waals surface area (Å²) < 4.78 is 16.5. The van der Waals surface area contributed by atoms with Crippen molar-refractivity contribution < 1.29 is 23.3 Å². The summed E-state index contributed by atoms with van der Waals surface area (Å²) in [5, 5.41) is 7.99. The van der Waals surface area contributed by atoms with Crippen molar-refractivity contribution in [3.63, 3.8) is 0 Å². The van der Waals surface area contributed by atoms with Crippen LogP contribution in [0.25, 0.3) is 33.3 Å². The van der Waals surface area contributed by atoms with E-state index in [2.05, 4.69) is 20.4 Å². The lowest BCUT2D eigenvalue weighted by atomic mass is 10.1. The molecule has 0 aliphatic heterocycles. The molecule has 35 heavy (non-hydrogen) atoms. The zero-order valence-electron chi connectivity index (χ0n) is 19.6. The van der Waals surface area contributed by atoms with Crippen molar-refractivity contribution in [2.45, 2.75) is 33.8 Å². The van der Waals surface area contributed by atoms with Crippen molar-refractivity contribution >= 4 is 39.6 Å². The van der Waals surface area contributed by atoms with Crippen LogP contribution in [0.1, 0.15) is 34.5 Å². The normalized spacial score (nSPS) is 12.1. The lowest BCUT2D eigenvalue weighted by Gasteiger charge is -2.15. The first-order valence-corrected chi connectivity index (χ1v) is 11.0. The molecule has 4 heterocycles. The number of aryl methyl sites for hydroxylation is 3. The second-order valence-electron chi connectivity index (χ2n) is 8.24. The lowest BCUT2D eigenvalue weighted by Crippen LogP contribution is -2.30. The molecule has 1 unspecified atom stereocenters. The van der Waals surface area contributed by atoms with E-state index in [1.807, 2.05) is 32.0 Å². The highest BCUT2D eigenvalue weighted by Gasteiger charge is 2.25. The summed E-state index contributed by atoms with van der Waals surface area (Å²) >= 11 is 0. The summed E-state index contributed by atoms with van der Waals surface area (Å²) in [6.45, 7) is 6.87. The Bertz CT molecular complexity index is 1600. The van der Waals surface area contributed by atoms with Crippen molar-refractivity contribution in [2.24, 2.45) is 0 Å². The first kappa shape index (κ1) is 22.3. The zero-order valence-corrected chi connectivity index (χ0v) is 19.6. The number of pyridine rings is 2. The van der Waals surface area contributed by atoms with Crippen molar-refractivity contribution in [1.29, 1.82) is 0 Å². The van der Waals surface area contributed by atoms with Gasteiger partial charge >= 0.3 is 5.97 Å². The van der Waals surface area contributed by atoms with Gasteiger partial charge in [0.15, 0.2) is 6.10 Å². The molecule has 0 spiro atoms. The maximum Gasteiger partial charge on any atom is 0.339 e. The minimum Gasteiger partial charge on any atom is -0.466 e. The number of carbonyl (C=O) groups excluding carboxylic acids is 2. The third-order valence-corrected chi connectivity index (χ3v) is 5.71. The number of nitrogens with one attached hydrogen (secondary N) is 1. The topological polar surface area (TPSA) is 120 Å². The molecule has 4 aromatic heterocycles. The number of fused-ring (bicyclic) bond motifs is 2. The minimum absolute atomic E-state index is 0.200. The van der Waals surface area contributed by atoms with E-state index in [4.69, 9.17) is 13.7 Å². The molecule has 1 N–H and O–H groups in total. The fraction of sp³-hybridized carbons (Fsp3) is 0.192. The SMILES string of the molecule is Cc1cc(-c2cc(C(=O)OC(C)C(=O)Nc3cccc4ncccc34)c3c(C)noc3n2)c(C)o1. The van der Waals surface area contributed by atoms with E-state index >= 15 is 0 Å². The molecular weight excluding hydrogens is 448 g/mol. The Morgan fingerprint density at radius 3 is 2.69 bits per heavy atom. The third-order valence-electron chi connectivity index (χ3n) is 5.71. The van der Waals surface area contributed by atoms with Gasteiger partial charge in [0.1, 0.15) is 11.5 Å². The number of rotatable bonds is 5. The molecule has 5 rings (SSSR count). The summed E-state index contributed by atoms with van der Waals surface area (Å²) in [6.07, 6.45) is 0.611. The number of amides is 1. The summed E-state index contributed by atoms with van der Waals surface area (Å²) in [4.78, 5) is 34.9. The van der Waals surface area contributed by atoms with Crippen LogP contribution in [0.15, 0.2) is 57.6 Å². The highest BCUT2D eigenvalue weighted by Crippen LogP contribution is 2.31. The molecule has 1 atom stereocenters. The number of carbonyl (C=O) groups is 2. The second-order valence-corrected chi connectivity index (χ2v) is 8.24. The Kier molecular flexibility index (Phi) is 5.52. The molecular formula is C26H22N4O5. The molecule has 0 fully saturated rings. The van der Waals surface area contributed by atoms with Crippen LogP contribution in [-0.4, -0.2) is 33.1 Å². The van der Waals surface area contributed by atoms with Crippen LogP contribution in [0.5, 0.6) is 0 Å². The average Bonchev–Trinajstić information content (AvgIpc) is 3.39. The van der Waals surface area contributed by atoms with Crippen LogP contribution in [0.2, 0.25) is 0 Å². The van der Waals surface area contributed by atoms with E-state index in [0.29, 0.717) is 34.0 Å². The number of anilines is 1. The van der Waals surface area contributed by atoms with Crippen molar-refractivity contribution in [1.82, 2.24) is 15.1 Å². The Labute approximate surface area is 200 Å². The Morgan fingerprint density at radius 1 is 1.09 bits per heavy atom. The molecule has 0 aliphatic carbocycles. The molecule has 1 amide bonds. The van der Waals surface area contributed by atoms with E-state index in [-0.39, 0.29) is 11.3 Å². The van der Waals surface area contributed by atoms with Crippen molar-refractivity contribution in [3.8, 4) is 11.3 Å². The highest BCUT2D eigenvalue weighted by molar-refractivity contribution is 6.07. The van der Waals surface area contributed by atoms with E-state index in [9.17, 15) is 9.59 Å². The number of aromatic nitrogens is 3. The molecule has 0 aliphatic rings. The molecule has 5 aromatic rings. The molecule has 0 saturated carbocycles. The minimum atomic E-state index is -1.07. The van der Waals surface area contributed by atoms with Gasteiger partial charge in [-0.1, -0.05) is 11.2 Å². The van der Waals surface area contributed by atoms with Crippen LogP contribution in [0.4, 0.5) is 5.69 Å². The van der Waals surface area contributed by atoms with Gasteiger partial charge in [0.05, 0.1) is 33.5 Å². The van der Waals surface area contributed by atoms with E-state index in [1.165, 1.54) is 6.92 Å². The Morgan fingerprint density at radius 2 is 1.91 bits per heavy atom. The monoisotopic (exact) mass is 470 g/mol. The van der Waals surface area contributed by atoms with Gasteiger partial charge < -0.3 is 19.0 Å². The van der Waals surface area contributed by atoms with Gasteiger partial charge in [0, 0.05) is 17.1 Å². The molecule has 176 valence electrons. The zero-order chi connectivity index (χ0) is 24.7. The lowest BCUT2D eigenvalue weighted by molar-refractivity contribution is -0.123. The van der Waals surface area contributed by atoms with Crippen LogP contribution in [-0.2, 0) is 9.53 Å². The first-order valence-electron chi connectivity index (χ1n) is 11.0. The first-order chi connectivity index (χ1) is 16.8. The smallest absolute Gasteiger partial charge is 0.339 e. The molecule has 9 nitrogen and oxygen atoms in total. The van der Waals surface area contributed by atoms with Crippen LogP contribution in [0.3, 0.4) is 0 Å². The Hall–Kier alpha value is -4.53. The van der Waals surface area contributed by atoms with Gasteiger partial charge in [-0.25, -0.2) is 9.78 Å². The fourth-order valence-electron chi connectivity index (χ4n) is 4.00. The number of hydrogen-bond acceptors (Lipinski definition) is 8. The number of hydrogen-bond donors (Lipinski definition) is 1. The van der Waals surface area contributed by atoms with Crippen LogP contribution >= 0.6 is 0 Å².